The Morgan fingerprint density at radius 1 is 1.00 bits per heavy atom. The molecule has 35 heavy (non-hydrogen) atoms. The van der Waals surface area contributed by atoms with Gasteiger partial charge in [-0.15, -0.1) is 0 Å². The topological polar surface area (TPSA) is 88.9 Å². The molecule has 2 heterocycles. The highest BCUT2D eigenvalue weighted by Crippen LogP contribution is 2.26. The molecule has 0 aliphatic heterocycles. The van der Waals surface area contributed by atoms with Gasteiger partial charge in [0, 0.05) is 18.0 Å². The molecule has 0 atom stereocenters. The number of hydrogen-bond acceptors (Lipinski definition) is 5. The summed E-state index contributed by atoms with van der Waals surface area (Å²) in [5.41, 5.74) is 4.97. The lowest BCUT2D eigenvalue weighted by atomic mass is 10.1. The smallest absolute Gasteiger partial charge is 0.240 e. The van der Waals surface area contributed by atoms with E-state index in [0.29, 0.717) is 11.4 Å². The van der Waals surface area contributed by atoms with Gasteiger partial charge in [-0.1, -0.05) is 43.2 Å². The molecular weight excluding hydrogens is 458 g/mol. The van der Waals surface area contributed by atoms with E-state index in [9.17, 15) is 8.42 Å². The van der Waals surface area contributed by atoms with Crippen LogP contribution in [0.3, 0.4) is 0 Å². The largest absolute Gasteiger partial charge is 0.370 e. The average molecular weight is 490 g/mol. The maximum atomic E-state index is 12.6. The lowest BCUT2D eigenvalue weighted by Crippen LogP contribution is -2.32. The van der Waals surface area contributed by atoms with Crippen molar-refractivity contribution < 1.29 is 8.42 Å². The van der Waals surface area contributed by atoms with Crippen LogP contribution in [0, 0.1) is 13.8 Å². The molecule has 4 aromatic rings. The molecular formula is C27H31N5O2S. The van der Waals surface area contributed by atoms with E-state index in [1.807, 2.05) is 54.1 Å². The van der Waals surface area contributed by atoms with E-state index in [2.05, 4.69) is 23.0 Å². The quantitative estimate of drug-likeness (QED) is 0.367. The number of fused-ring (bicyclic) bond motifs is 1. The highest BCUT2D eigenvalue weighted by Gasteiger charge is 2.22. The van der Waals surface area contributed by atoms with Crippen LogP contribution in [0.5, 0.6) is 0 Å². The van der Waals surface area contributed by atoms with Crippen molar-refractivity contribution in [2.75, 3.05) is 11.9 Å². The Balaban J connectivity index is 1.27. The van der Waals surface area contributed by atoms with Gasteiger partial charge >= 0.3 is 0 Å². The van der Waals surface area contributed by atoms with Crippen LogP contribution in [0.1, 0.15) is 42.5 Å². The molecule has 8 heteroatoms. The first-order chi connectivity index (χ1) is 16.9. The van der Waals surface area contributed by atoms with Gasteiger partial charge in [-0.3, -0.25) is 0 Å². The van der Waals surface area contributed by atoms with E-state index in [1.54, 1.807) is 12.1 Å². The SMILES string of the molecule is Cc1cc(NCCc2ccc(S(=O)(=O)NC3CCCC3)cc2)nc2c1c(C)nn2-c1ccccc1. The number of nitrogens with one attached hydrogen (secondary N) is 2. The summed E-state index contributed by atoms with van der Waals surface area (Å²) in [6, 6.07) is 19.3. The number of rotatable bonds is 8. The van der Waals surface area contributed by atoms with Crippen LogP contribution in [0.2, 0.25) is 0 Å². The van der Waals surface area contributed by atoms with Gasteiger partial charge in [-0.05, 0) is 74.6 Å². The normalized spacial score (nSPS) is 14.6. The van der Waals surface area contributed by atoms with Gasteiger partial charge in [0.2, 0.25) is 10.0 Å². The fraction of sp³-hybridized carbons (Fsp3) is 0.333. The summed E-state index contributed by atoms with van der Waals surface area (Å²) in [6.45, 7) is 4.78. The standard InChI is InChI=1S/C27H31N5O2S/c1-19-18-25(29-27-26(19)20(2)30-32(27)23-10-4-3-5-11-23)28-17-16-21-12-14-24(15-13-21)35(33,34)31-22-8-6-7-9-22/h3-5,10-15,18,22,31H,6-9,16-17H2,1-2H3,(H,28,29). The first-order valence-electron chi connectivity index (χ1n) is 12.2. The minimum atomic E-state index is -3.46. The van der Waals surface area contributed by atoms with E-state index < -0.39 is 10.0 Å². The number of aromatic nitrogens is 3. The lowest BCUT2D eigenvalue weighted by molar-refractivity contribution is 0.552. The Morgan fingerprint density at radius 3 is 2.43 bits per heavy atom. The molecule has 1 fully saturated rings. The fourth-order valence-electron chi connectivity index (χ4n) is 4.84. The third-order valence-electron chi connectivity index (χ3n) is 6.64. The molecule has 0 saturated heterocycles. The summed E-state index contributed by atoms with van der Waals surface area (Å²) in [7, 11) is -3.46. The molecule has 0 amide bonds. The van der Waals surface area contributed by atoms with Crippen molar-refractivity contribution in [3.8, 4) is 5.69 Å². The van der Waals surface area contributed by atoms with E-state index in [4.69, 9.17) is 10.1 Å². The molecule has 1 saturated carbocycles. The second-order valence-electron chi connectivity index (χ2n) is 9.28. The number of nitrogens with zero attached hydrogens (tertiary/aromatic N) is 3. The van der Waals surface area contributed by atoms with Crippen LogP contribution >= 0.6 is 0 Å². The maximum absolute atomic E-state index is 12.6. The number of aryl methyl sites for hydroxylation is 2. The molecule has 0 bridgehead atoms. The van der Waals surface area contributed by atoms with Crippen molar-refractivity contribution in [3.63, 3.8) is 0 Å². The highest BCUT2D eigenvalue weighted by atomic mass is 32.2. The lowest BCUT2D eigenvalue weighted by Gasteiger charge is -2.13. The van der Waals surface area contributed by atoms with Crippen molar-refractivity contribution in [3.05, 3.63) is 77.5 Å². The number of benzene rings is 2. The van der Waals surface area contributed by atoms with E-state index in [1.165, 1.54) is 0 Å². The van der Waals surface area contributed by atoms with Gasteiger partial charge in [0.1, 0.15) is 5.82 Å². The molecule has 182 valence electrons. The van der Waals surface area contributed by atoms with Gasteiger partial charge in [0.25, 0.3) is 0 Å². The zero-order valence-electron chi connectivity index (χ0n) is 20.2. The maximum Gasteiger partial charge on any atom is 0.240 e. The number of pyridine rings is 1. The number of sulfonamides is 1. The Morgan fingerprint density at radius 2 is 1.71 bits per heavy atom. The fourth-order valence-corrected chi connectivity index (χ4v) is 6.15. The Bertz CT molecular complexity index is 1420. The van der Waals surface area contributed by atoms with Crippen molar-refractivity contribution in [2.45, 2.75) is 56.9 Å². The second kappa shape index (κ2) is 9.79. The zero-order valence-corrected chi connectivity index (χ0v) is 21.0. The zero-order chi connectivity index (χ0) is 24.4. The minimum absolute atomic E-state index is 0.0687. The molecule has 7 nitrogen and oxygen atoms in total. The molecule has 2 N–H and O–H groups in total. The summed E-state index contributed by atoms with van der Waals surface area (Å²) < 4.78 is 30.0. The molecule has 1 aliphatic carbocycles. The van der Waals surface area contributed by atoms with Crippen molar-refractivity contribution in [1.82, 2.24) is 19.5 Å². The van der Waals surface area contributed by atoms with Crippen LogP contribution in [0.25, 0.3) is 16.7 Å². The van der Waals surface area contributed by atoms with Gasteiger partial charge in [-0.25, -0.2) is 22.8 Å². The van der Waals surface area contributed by atoms with Crippen molar-refractivity contribution >= 4 is 26.9 Å². The second-order valence-corrected chi connectivity index (χ2v) is 11.0. The van der Waals surface area contributed by atoms with E-state index in [-0.39, 0.29) is 6.04 Å². The van der Waals surface area contributed by atoms with E-state index >= 15 is 0 Å². The predicted octanol–water partition coefficient (Wildman–Crippen LogP) is 4.91. The Hall–Kier alpha value is -3.23. The first kappa shape index (κ1) is 23.5. The van der Waals surface area contributed by atoms with Crippen LogP contribution in [0.15, 0.2) is 65.6 Å². The van der Waals surface area contributed by atoms with Crippen LogP contribution in [-0.2, 0) is 16.4 Å². The van der Waals surface area contributed by atoms with Gasteiger partial charge in [0.15, 0.2) is 5.65 Å². The first-order valence-corrected chi connectivity index (χ1v) is 13.7. The van der Waals surface area contributed by atoms with E-state index in [0.717, 1.165) is 71.5 Å². The average Bonchev–Trinajstić information content (AvgIpc) is 3.47. The predicted molar refractivity (Wildman–Crippen MR) is 140 cm³/mol. The Labute approximate surface area is 206 Å². The number of anilines is 1. The van der Waals surface area contributed by atoms with Crippen molar-refractivity contribution in [2.24, 2.45) is 0 Å². The third-order valence-corrected chi connectivity index (χ3v) is 8.18. The van der Waals surface area contributed by atoms with Gasteiger partial charge < -0.3 is 5.32 Å². The monoisotopic (exact) mass is 489 g/mol. The summed E-state index contributed by atoms with van der Waals surface area (Å²) >= 11 is 0. The molecule has 0 spiro atoms. The molecule has 5 rings (SSSR count). The number of para-hydroxylation sites is 1. The summed E-state index contributed by atoms with van der Waals surface area (Å²) in [6.07, 6.45) is 4.79. The van der Waals surface area contributed by atoms with Crippen LogP contribution in [-0.4, -0.2) is 35.8 Å². The molecule has 1 aliphatic rings. The van der Waals surface area contributed by atoms with Gasteiger partial charge in [-0.2, -0.15) is 5.10 Å². The minimum Gasteiger partial charge on any atom is -0.370 e. The molecule has 0 radical (unpaired) electrons. The highest BCUT2D eigenvalue weighted by molar-refractivity contribution is 7.89. The summed E-state index contributed by atoms with van der Waals surface area (Å²) in [4.78, 5) is 5.19. The van der Waals surface area contributed by atoms with Gasteiger partial charge in [0.05, 0.1) is 16.3 Å². The summed E-state index contributed by atoms with van der Waals surface area (Å²) in [5.74, 6) is 0.798. The van der Waals surface area contributed by atoms with Crippen molar-refractivity contribution in [1.29, 1.82) is 0 Å². The number of hydrogen-bond donors (Lipinski definition) is 2. The Kier molecular flexibility index (Phi) is 6.58. The molecule has 2 aromatic heterocycles. The van der Waals surface area contributed by atoms with Crippen LogP contribution in [0.4, 0.5) is 5.82 Å². The molecule has 0 unspecified atom stereocenters. The summed E-state index contributed by atoms with van der Waals surface area (Å²) in [5, 5.41) is 9.22. The third kappa shape index (κ3) is 5.09. The van der Waals surface area contributed by atoms with Crippen LogP contribution < -0.4 is 10.0 Å². The molecule has 2 aromatic carbocycles.